The number of nitrogens with one attached hydrogen (secondary N) is 1. The molecule has 0 radical (unpaired) electrons. The lowest BCUT2D eigenvalue weighted by Gasteiger charge is -2.32. The monoisotopic (exact) mass is 280 g/mol. The molecule has 1 atom stereocenters. The summed E-state index contributed by atoms with van der Waals surface area (Å²) in [5.41, 5.74) is -0.679. The molecular weight excluding hydrogens is 256 g/mol. The molecule has 0 aliphatic heterocycles. The number of thiazole rings is 1. The van der Waals surface area contributed by atoms with Gasteiger partial charge in [-0.15, -0.1) is 11.3 Å². The van der Waals surface area contributed by atoms with E-state index in [9.17, 15) is 4.79 Å². The van der Waals surface area contributed by atoms with Crippen LogP contribution in [0.15, 0.2) is 6.20 Å². The van der Waals surface area contributed by atoms with E-state index in [0.29, 0.717) is 0 Å². The summed E-state index contributed by atoms with van der Waals surface area (Å²) in [6.45, 7) is 10.0. The van der Waals surface area contributed by atoms with Crippen LogP contribution in [0.3, 0.4) is 0 Å². The van der Waals surface area contributed by atoms with E-state index >= 15 is 0 Å². The van der Waals surface area contributed by atoms with Gasteiger partial charge in [0.2, 0.25) is 5.91 Å². The summed E-state index contributed by atoms with van der Waals surface area (Å²) in [4.78, 5) is 18.0. The van der Waals surface area contributed by atoms with Crippen molar-refractivity contribution in [3.8, 4) is 0 Å². The first-order valence-electron chi connectivity index (χ1n) is 6.96. The fourth-order valence-corrected chi connectivity index (χ4v) is 3.01. The molecule has 1 heterocycles. The third-order valence-corrected chi connectivity index (χ3v) is 4.73. The van der Waals surface area contributed by atoms with Crippen molar-refractivity contribution in [2.24, 2.45) is 11.3 Å². The first kappa shape index (κ1) is 14.5. The van der Waals surface area contributed by atoms with Crippen LogP contribution in [-0.4, -0.2) is 10.9 Å². The second-order valence-corrected chi connectivity index (χ2v) is 8.19. The number of carbonyl (C=O) groups is 1. The number of rotatable bonds is 4. The van der Waals surface area contributed by atoms with Gasteiger partial charge in [-0.2, -0.15) is 0 Å². The highest BCUT2D eigenvalue weighted by atomic mass is 32.1. The smallest absolute Gasteiger partial charge is 0.226 e. The van der Waals surface area contributed by atoms with E-state index in [1.165, 1.54) is 17.7 Å². The van der Waals surface area contributed by atoms with Crippen molar-refractivity contribution in [3.63, 3.8) is 0 Å². The highest BCUT2D eigenvalue weighted by Gasteiger charge is 2.39. The van der Waals surface area contributed by atoms with E-state index in [0.717, 1.165) is 17.3 Å². The van der Waals surface area contributed by atoms with E-state index in [-0.39, 0.29) is 16.9 Å². The van der Waals surface area contributed by atoms with Crippen LogP contribution < -0.4 is 5.32 Å². The maximum absolute atomic E-state index is 12.3. The highest BCUT2D eigenvalue weighted by Crippen LogP contribution is 2.42. The summed E-state index contributed by atoms with van der Waals surface area (Å²) in [6.07, 6.45) is 5.47. The van der Waals surface area contributed by atoms with Gasteiger partial charge in [-0.1, -0.05) is 33.6 Å². The van der Waals surface area contributed by atoms with Gasteiger partial charge >= 0.3 is 0 Å². The van der Waals surface area contributed by atoms with E-state index in [4.69, 9.17) is 0 Å². The van der Waals surface area contributed by atoms with Gasteiger partial charge in [0.05, 0.1) is 5.54 Å². The molecule has 1 N–H and O–H groups in total. The molecule has 1 aliphatic carbocycles. The minimum absolute atomic E-state index is 0.100. The molecule has 0 saturated heterocycles. The molecule has 1 saturated carbocycles. The van der Waals surface area contributed by atoms with E-state index in [2.05, 4.69) is 24.1 Å². The number of aromatic nitrogens is 1. The summed E-state index contributed by atoms with van der Waals surface area (Å²) in [6, 6.07) is 0. The topological polar surface area (TPSA) is 42.0 Å². The van der Waals surface area contributed by atoms with E-state index in [1.54, 1.807) is 11.3 Å². The minimum Gasteiger partial charge on any atom is -0.344 e. The van der Waals surface area contributed by atoms with Crippen LogP contribution in [0.25, 0.3) is 0 Å². The molecule has 0 spiro atoms. The van der Waals surface area contributed by atoms with Crippen molar-refractivity contribution in [1.82, 2.24) is 10.3 Å². The number of hydrogen-bond donors (Lipinski definition) is 1. The van der Waals surface area contributed by atoms with Crippen LogP contribution in [-0.2, 0) is 10.3 Å². The van der Waals surface area contributed by atoms with Gasteiger partial charge in [-0.3, -0.25) is 4.79 Å². The zero-order valence-electron chi connectivity index (χ0n) is 12.5. The quantitative estimate of drug-likeness (QED) is 0.915. The maximum atomic E-state index is 12.3. The predicted octanol–water partition coefficient (Wildman–Crippen LogP) is 3.63. The summed E-state index contributed by atoms with van der Waals surface area (Å²) in [5, 5.41) is 4.28. The number of carbonyl (C=O) groups excluding carboxylic acids is 1. The molecule has 0 aromatic carbocycles. The molecule has 1 aliphatic rings. The molecule has 0 bridgehead atoms. The fourth-order valence-electron chi connectivity index (χ4n) is 2.14. The molecule has 19 heavy (non-hydrogen) atoms. The first-order chi connectivity index (χ1) is 8.71. The SMILES string of the molecule is Cc1cnc(C(C)(CC2CC2)NC(=O)C(C)(C)C)s1. The van der Waals surface area contributed by atoms with Gasteiger partial charge < -0.3 is 5.32 Å². The lowest BCUT2D eigenvalue weighted by Crippen LogP contribution is -2.48. The molecule has 2 rings (SSSR count). The average molecular weight is 280 g/mol. The van der Waals surface area contributed by atoms with Crippen LogP contribution in [0.4, 0.5) is 0 Å². The molecule has 1 unspecified atom stereocenters. The summed E-state index contributed by atoms with van der Waals surface area (Å²) in [7, 11) is 0. The summed E-state index contributed by atoms with van der Waals surface area (Å²) in [5.74, 6) is 0.845. The van der Waals surface area contributed by atoms with Crippen LogP contribution in [0.5, 0.6) is 0 Å². The molecule has 106 valence electrons. The second-order valence-electron chi connectivity index (χ2n) is 6.96. The Hall–Kier alpha value is -0.900. The first-order valence-corrected chi connectivity index (χ1v) is 7.78. The van der Waals surface area contributed by atoms with Gasteiger partial charge in [-0.25, -0.2) is 4.98 Å². The fraction of sp³-hybridized carbons (Fsp3) is 0.733. The van der Waals surface area contributed by atoms with Gasteiger partial charge in [-0.05, 0) is 26.2 Å². The van der Waals surface area contributed by atoms with Crippen LogP contribution in [0, 0.1) is 18.3 Å². The Morgan fingerprint density at radius 3 is 2.47 bits per heavy atom. The predicted molar refractivity (Wildman–Crippen MR) is 79.1 cm³/mol. The molecule has 4 heteroatoms. The van der Waals surface area contributed by atoms with Gasteiger partial charge in [0, 0.05) is 16.5 Å². The minimum atomic E-state index is -0.364. The standard InChI is InChI=1S/C15H24N2OS/c1-10-9-16-13(19-10)15(5,8-11-6-7-11)17-12(18)14(2,3)4/h9,11H,6-8H2,1-5H3,(H,17,18). The Morgan fingerprint density at radius 1 is 1.42 bits per heavy atom. The molecular formula is C15H24N2OS. The van der Waals surface area contributed by atoms with Gasteiger partial charge in [0.25, 0.3) is 0 Å². The third kappa shape index (κ3) is 3.56. The van der Waals surface area contributed by atoms with Crippen molar-refractivity contribution in [1.29, 1.82) is 0 Å². The van der Waals surface area contributed by atoms with Crippen LogP contribution >= 0.6 is 11.3 Å². The number of amides is 1. The molecule has 1 aromatic heterocycles. The van der Waals surface area contributed by atoms with Crippen molar-refractivity contribution in [3.05, 3.63) is 16.1 Å². The Bertz CT molecular complexity index is 471. The molecule has 3 nitrogen and oxygen atoms in total. The Balaban J connectivity index is 2.21. The molecule has 1 fully saturated rings. The zero-order valence-corrected chi connectivity index (χ0v) is 13.4. The van der Waals surface area contributed by atoms with Gasteiger partial charge in [0.15, 0.2) is 0 Å². The summed E-state index contributed by atoms with van der Waals surface area (Å²) < 4.78 is 0. The average Bonchev–Trinajstić information content (AvgIpc) is 2.95. The Kier molecular flexibility index (Phi) is 3.74. The number of aryl methyl sites for hydroxylation is 1. The maximum Gasteiger partial charge on any atom is 0.226 e. The summed E-state index contributed by atoms with van der Waals surface area (Å²) >= 11 is 1.69. The number of hydrogen-bond acceptors (Lipinski definition) is 3. The second kappa shape index (κ2) is 4.89. The largest absolute Gasteiger partial charge is 0.344 e. The van der Waals surface area contributed by atoms with E-state index < -0.39 is 0 Å². The van der Waals surface area contributed by atoms with Crippen molar-refractivity contribution >= 4 is 17.2 Å². The lowest BCUT2D eigenvalue weighted by atomic mass is 9.90. The lowest BCUT2D eigenvalue weighted by molar-refractivity contribution is -0.130. The Labute approximate surface area is 119 Å². The molecule has 1 amide bonds. The van der Waals surface area contributed by atoms with E-state index in [1.807, 2.05) is 27.0 Å². The van der Waals surface area contributed by atoms with Crippen LogP contribution in [0.2, 0.25) is 0 Å². The van der Waals surface area contributed by atoms with Crippen molar-refractivity contribution < 1.29 is 4.79 Å². The zero-order chi connectivity index (χ0) is 14.3. The van der Waals surface area contributed by atoms with Crippen molar-refractivity contribution in [2.75, 3.05) is 0 Å². The Morgan fingerprint density at radius 2 is 2.05 bits per heavy atom. The normalized spacial score (nSPS) is 19.0. The van der Waals surface area contributed by atoms with Crippen LogP contribution in [0.1, 0.15) is 56.8 Å². The third-order valence-electron chi connectivity index (χ3n) is 3.56. The number of nitrogens with zero attached hydrogens (tertiary/aromatic N) is 1. The van der Waals surface area contributed by atoms with Gasteiger partial charge in [0.1, 0.15) is 5.01 Å². The molecule has 1 aromatic rings. The highest BCUT2D eigenvalue weighted by molar-refractivity contribution is 7.11. The van der Waals surface area contributed by atoms with Crippen molar-refractivity contribution in [2.45, 2.75) is 59.4 Å².